The van der Waals surface area contributed by atoms with Gasteiger partial charge in [-0.15, -0.1) is 0 Å². The molecule has 4 nitrogen and oxygen atoms in total. The topological polar surface area (TPSA) is 80.4 Å². The molecule has 16 heavy (non-hydrogen) atoms. The molecule has 1 aromatic carbocycles. The molecular weight excluding hydrogens is 250 g/mol. The molecule has 6 heteroatoms. The monoisotopic (exact) mass is 263 g/mol. The summed E-state index contributed by atoms with van der Waals surface area (Å²) in [6.45, 7) is 4.59. The number of nitrogens with two attached hydrogens (primary N) is 1. The summed E-state index contributed by atoms with van der Waals surface area (Å²) in [5, 5.41) is 9.66. The van der Waals surface area contributed by atoms with Crippen LogP contribution in [0, 0.1) is 0 Å². The molecule has 0 heterocycles. The number of phenols is 1. The second-order valence-electron chi connectivity index (χ2n) is 4.43. The first-order chi connectivity index (χ1) is 7.09. The molecule has 0 fully saturated rings. The van der Waals surface area contributed by atoms with Gasteiger partial charge in [-0.2, -0.15) is 0 Å². The van der Waals surface area contributed by atoms with Gasteiger partial charge in [-0.3, -0.25) is 0 Å². The predicted octanol–water partition coefficient (Wildman–Crippen LogP) is 2.20. The van der Waals surface area contributed by atoms with Crippen LogP contribution in [-0.4, -0.2) is 18.3 Å². The SMILES string of the molecule is CC(C)(C)S(=O)(=O)c1c(Cl)ccc(N)c1O. The lowest BCUT2D eigenvalue weighted by molar-refractivity contribution is 0.459. The molecule has 1 aromatic rings. The highest BCUT2D eigenvalue weighted by atomic mass is 35.5. The summed E-state index contributed by atoms with van der Waals surface area (Å²) in [7, 11) is -3.72. The molecule has 0 aliphatic heterocycles. The van der Waals surface area contributed by atoms with Gasteiger partial charge in [0.1, 0.15) is 4.90 Å². The van der Waals surface area contributed by atoms with Gasteiger partial charge in [0.2, 0.25) is 0 Å². The van der Waals surface area contributed by atoms with Crippen LogP contribution in [0.3, 0.4) is 0 Å². The number of halogens is 1. The van der Waals surface area contributed by atoms with Crippen LogP contribution in [0.5, 0.6) is 5.75 Å². The summed E-state index contributed by atoms with van der Waals surface area (Å²) < 4.78 is 23.2. The Balaban J connectivity index is 3.64. The van der Waals surface area contributed by atoms with Crippen LogP contribution in [0.25, 0.3) is 0 Å². The molecule has 90 valence electrons. The molecule has 0 atom stereocenters. The molecule has 3 N–H and O–H groups in total. The van der Waals surface area contributed by atoms with Gasteiger partial charge in [0.15, 0.2) is 15.6 Å². The minimum Gasteiger partial charge on any atom is -0.504 e. The fourth-order valence-corrected chi connectivity index (χ4v) is 2.89. The van der Waals surface area contributed by atoms with Crippen molar-refractivity contribution in [2.75, 3.05) is 5.73 Å². The number of hydrogen-bond donors (Lipinski definition) is 2. The summed E-state index contributed by atoms with van der Waals surface area (Å²) in [4.78, 5) is -0.304. The number of hydrogen-bond acceptors (Lipinski definition) is 4. The highest BCUT2D eigenvalue weighted by Gasteiger charge is 2.35. The molecule has 0 amide bonds. The van der Waals surface area contributed by atoms with E-state index in [1.165, 1.54) is 32.9 Å². The first-order valence-electron chi connectivity index (χ1n) is 4.60. The van der Waals surface area contributed by atoms with Crippen molar-refractivity contribution in [1.82, 2.24) is 0 Å². The summed E-state index contributed by atoms with van der Waals surface area (Å²) in [6, 6.07) is 2.72. The van der Waals surface area contributed by atoms with E-state index in [-0.39, 0.29) is 15.6 Å². The Kier molecular flexibility index (Phi) is 3.13. The standard InChI is InChI=1S/C10H14ClNO3S/c1-10(2,3)16(14,15)9-6(11)4-5-7(12)8(9)13/h4-5,13H,12H2,1-3H3. The Bertz CT molecular complexity index is 518. The smallest absolute Gasteiger partial charge is 0.188 e. The second-order valence-corrected chi connectivity index (χ2v) is 7.48. The molecule has 1 rings (SSSR count). The number of phenolic OH excluding ortho intramolecular Hbond substituents is 1. The zero-order chi connectivity index (χ0) is 12.7. The fraction of sp³-hybridized carbons (Fsp3) is 0.400. The Labute approximate surface area is 100.0 Å². The molecular formula is C10H14ClNO3S. The van der Waals surface area contributed by atoms with Crippen molar-refractivity contribution in [1.29, 1.82) is 0 Å². The molecule has 0 aliphatic carbocycles. The van der Waals surface area contributed by atoms with Crippen LogP contribution in [0.15, 0.2) is 17.0 Å². The van der Waals surface area contributed by atoms with E-state index >= 15 is 0 Å². The van der Waals surface area contributed by atoms with Gasteiger partial charge < -0.3 is 10.8 Å². The number of nitrogen functional groups attached to an aromatic ring is 1. The van der Waals surface area contributed by atoms with Crippen molar-refractivity contribution in [2.45, 2.75) is 30.4 Å². The molecule has 0 aliphatic rings. The van der Waals surface area contributed by atoms with Crippen LogP contribution in [0.1, 0.15) is 20.8 Å². The van der Waals surface area contributed by atoms with Crippen molar-refractivity contribution in [2.24, 2.45) is 0 Å². The third kappa shape index (κ3) is 1.97. The van der Waals surface area contributed by atoms with E-state index in [4.69, 9.17) is 17.3 Å². The molecule has 0 aromatic heterocycles. The van der Waals surface area contributed by atoms with Crippen molar-refractivity contribution in [3.05, 3.63) is 17.2 Å². The Morgan fingerprint density at radius 1 is 1.31 bits per heavy atom. The molecule has 0 radical (unpaired) electrons. The fourth-order valence-electron chi connectivity index (χ4n) is 1.12. The van der Waals surface area contributed by atoms with Gasteiger partial charge in [-0.05, 0) is 32.9 Å². The van der Waals surface area contributed by atoms with Crippen molar-refractivity contribution in [3.8, 4) is 5.75 Å². The summed E-state index contributed by atoms with van der Waals surface area (Å²) in [5.74, 6) is -0.484. The summed E-state index contributed by atoms with van der Waals surface area (Å²) in [5.41, 5.74) is 5.45. The zero-order valence-electron chi connectivity index (χ0n) is 9.28. The number of benzene rings is 1. The molecule has 0 bridgehead atoms. The molecule has 0 saturated heterocycles. The van der Waals surface area contributed by atoms with E-state index in [1.54, 1.807) is 0 Å². The van der Waals surface area contributed by atoms with Crippen molar-refractivity contribution < 1.29 is 13.5 Å². The Morgan fingerprint density at radius 2 is 1.81 bits per heavy atom. The number of aromatic hydroxyl groups is 1. The van der Waals surface area contributed by atoms with E-state index in [0.717, 1.165) is 0 Å². The van der Waals surface area contributed by atoms with Gasteiger partial charge >= 0.3 is 0 Å². The van der Waals surface area contributed by atoms with Crippen molar-refractivity contribution >= 4 is 27.1 Å². The largest absolute Gasteiger partial charge is 0.504 e. The van der Waals surface area contributed by atoms with Gasteiger partial charge in [0.05, 0.1) is 15.5 Å². The van der Waals surface area contributed by atoms with Crippen LogP contribution >= 0.6 is 11.6 Å². The van der Waals surface area contributed by atoms with Crippen LogP contribution in [0.4, 0.5) is 5.69 Å². The average Bonchev–Trinajstić information content (AvgIpc) is 2.10. The number of anilines is 1. The third-order valence-electron chi connectivity index (χ3n) is 2.19. The lowest BCUT2D eigenvalue weighted by Gasteiger charge is -2.21. The van der Waals surface area contributed by atoms with Crippen molar-refractivity contribution in [3.63, 3.8) is 0 Å². The first-order valence-corrected chi connectivity index (χ1v) is 6.46. The quantitative estimate of drug-likeness (QED) is 0.601. The highest BCUT2D eigenvalue weighted by Crippen LogP contribution is 2.39. The van der Waals surface area contributed by atoms with Gasteiger partial charge in [-0.25, -0.2) is 8.42 Å². The van der Waals surface area contributed by atoms with E-state index in [9.17, 15) is 13.5 Å². The van der Waals surface area contributed by atoms with E-state index < -0.39 is 20.3 Å². The van der Waals surface area contributed by atoms with Gasteiger partial charge in [0, 0.05) is 0 Å². The second kappa shape index (κ2) is 3.82. The van der Waals surface area contributed by atoms with Crippen LogP contribution in [0.2, 0.25) is 5.02 Å². The summed E-state index contributed by atoms with van der Waals surface area (Å²) in [6.07, 6.45) is 0. The summed E-state index contributed by atoms with van der Waals surface area (Å²) >= 11 is 5.80. The van der Waals surface area contributed by atoms with E-state index in [0.29, 0.717) is 0 Å². The Morgan fingerprint density at radius 3 is 2.25 bits per heavy atom. The van der Waals surface area contributed by atoms with Crippen LogP contribution in [-0.2, 0) is 9.84 Å². The van der Waals surface area contributed by atoms with E-state index in [1.807, 2.05) is 0 Å². The average molecular weight is 264 g/mol. The lowest BCUT2D eigenvalue weighted by Crippen LogP contribution is -2.28. The van der Waals surface area contributed by atoms with Crippen LogP contribution < -0.4 is 5.73 Å². The maximum atomic E-state index is 12.1. The predicted molar refractivity (Wildman–Crippen MR) is 64.5 cm³/mol. The molecule has 0 unspecified atom stereocenters. The minimum atomic E-state index is -3.72. The zero-order valence-corrected chi connectivity index (χ0v) is 10.9. The molecule has 0 spiro atoms. The van der Waals surface area contributed by atoms with E-state index in [2.05, 4.69) is 0 Å². The highest BCUT2D eigenvalue weighted by molar-refractivity contribution is 7.93. The lowest BCUT2D eigenvalue weighted by atomic mass is 10.3. The molecule has 0 saturated carbocycles. The maximum absolute atomic E-state index is 12.1. The van der Waals surface area contributed by atoms with Gasteiger partial charge in [-0.1, -0.05) is 11.6 Å². The normalized spacial score (nSPS) is 12.8. The maximum Gasteiger partial charge on any atom is 0.188 e. The Hall–Kier alpha value is -0.940. The third-order valence-corrected chi connectivity index (χ3v) is 5.18. The number of sulfone groups is 1. The van der Waals surface area contributed by atoms with Gasteiger partial charge in [0.25, 0.3) is 0 Å². The first kappa shape index (κ1) is 13.1. The minimum absolute atomic E-state index is 0.00720. The number of rotatable bonds is 1.